The van der Waals surface area contributed by atoms with E-state index in [-0.39, 0.29) is 25.0 Å². The van der Waals surface area contributed by atoms with Crippen LogP contribution in [-0.2, 0) is 32.2 Å². The molecule has 1 aliphatic carbocycles. The van der Waals surface area contributed by atoms with Gasteiger partial charge in [0.05, 0.1) is 22.1 Å². The smallest absolute Gasteiger partial charge is 0.326 e. The number of carbonyl (C=O) groups is 2. The van der Waals surface area contributed by atoms with Crippen LogP contribution in [0.4, 0.5) is 0 Å². The van der Waals surface area contributed by atoms with Crippen molar-refractivity contribution in [3.05, 3.63) is 53.3 Å². The van der Waals surface area contributed by atoms with Gasteiger partial charge in [-0.2, -0.15) is 0 Å². The number of para-hydroxylation sites is 4. The molecule has 238 valence electrons. The number of H-pyrrole nitrogens is 1. The van der Waals surface area contributed by atoms with E-state index in [4.69, 9.17) is 26.7 Å². The molecule has 0 bridgehead atoms. The third kappa shape index (κ3) is 9.95. The summed E-state index contributed by atoms with van der Waals surface area (Å²) < 4.78 is 15.1. The highest BCUT2D eigenvalue weighted by molar-refractivity contribution is 7.99. The number of carbonyl (C=O) groups excluding carboxylic acids is 2. The summed E-state index contributed by atoms with van der Waals surface area (Å²) in [6.07, 6.45) is 8.14. The number of fused-ring (bicyclic) bond motifs is 2. The maximum Gasteiger partial charge on any atom is 0.326 e. The van der Waals surface area contributed by atoms with Gasteiger partial charge in [0.1, 0.15) is 24.3 Å². The molecule has 0 spiro atoms. The quantitative estimate of drug-likeness (QED) is 0.118. The van der Waals surface area contributed by atoms with Crippen molar-refractivity contribution in [2.24, 2.45) is 5.92 Å². The molecule has 8 nitrogen and oxygen atoms in total. The Morgan fingerprint density at radius 3 is 2.07 bits per heavy atom. The fourth-order valence-electron chi connectivity index (χ4n) is 5.38. The SMILES string of the molecule is CC(C)(C)OC(=O)Cn1c(=S)[nH]c2ccccc21.CC(C)(C)OC(=O)Cn1c(SCCC2CCCCC2)nc2ccccc21. The molecule has 5 rings (SSSR count). The summed E-state index contributed by atoms with van der Waals surface area (Å²) in [5, 5.41) is 0.924. The van der Waals surface area contributed by atoms with E-state index in [0.29, 0.717) is 4.77 Å². The number of nitrogens with one attached hydrogen (secondary N) is 1. The van der Waals surface area contributed by atoms with Gasteiger partial charge >= 0.3 is 11.9 Å². The number of benzene rings is 2. The Morgan fingerprint density at radius 1 is 0.864 bits per heavy atom. The Bertz CT molecular complexity index is 1620. The van der Waals surface area contributed by atoms with Crippen molar-refractivity contribution in [3.8, 4) is 0 Å². The summed E-state index contributed by atoms with van der Waals surface area (Å²) in [4.78, 5) is 32.0. The summed E-state index contributed by atoms with van der Waals surface area (Å²) in [5.41, 5.74) is 2.82. The van der Waals surface area contributed by atoms with E-state index in [9.17, 15) is 9.59 Å². The lowest BCUT2D eigenvalue weighted by molar-refractivity contribution is -0.156. The molecule has 1 saturated carbocycles. The minimum atomic E-state index is -0.481. The summed E-state index contributed by atoms with van der Waals surface area (Å²) in [5.74, 6) is 1.42. The van der Waals surface area contributed by atoms with Gasteiger partial charge in [-0.1, -0.05) is 68.1 Å². The van der Waals surface area contributed by atoms with Crippen molar-refractivity contribution in [1.82, 2.24) is 19.1 Å². The molecule has 2 heterocycles. The van der Waals surface area contributed by atoms with E-state index in [1.165, 1.54) is 38.5 Å². The topological polar surface area (TPSA) is 91.1 Å². The molecule has 4 aromatic rings. The lowest BCUT2D eigenvalue weighted by atomic mass is 9.88. The van der Waals surface area contributed by atoms with Crippen molar-refractivity contribution >= 4 is 58.0 Å². The number of rotatable bonds is 8. The van der Waals surface area contributed by atoms with Crippen molar-refractivity contribution in [3.63, 3.8) is 0 Å². The van der Waals surface area contributed by atoms with E-state index >= 15 is 0 Å². The van der Waals surface area contributed by atoms with Gasteiger partial charge in [-0.25, -0.2) is 4.98 Å². The van der Waals surface area contributed by atoms with E-state index in [1.807, 2.05) is 94.6 Å². The van der Waals surface area contributed by atoms with Gasteiger partial charge in [0.15, 0.2) is 9.93 Å². The monoisotopic (exact) mass is 638 g/mol. The summed E-state index contributed by atoms with van der Waals surface area (Å²) in [7, 11) is 0. The van der Waals surface area contributed by atoms with Crippen molar-refractivity contribution in [2.75, 3.05) is 5.75 Å². The Hall–Kier alpha value is -3.11. The number of esters is 2. The zero-order chi connectivity index (χ0) is 31.9. The van der Waals surface area contributed by atoms with Crippen LogP contribution in [-0.4, -0.2) is 48.0 Å². The number of imidazole rings is 2. The lowest BCUT2D eigenvalue weighted by Gasteiger charge is -2.21. The molecule has 1 fully saturated rings. The molecular formula is C34H46N4O4S2. The Kier molecular flexibility index (Phi) is 11.3. The minimum absolute atomic E-state index is 0.125. The summed E-state index contributed by atoms with van der Waals surface area (Å²) in [6, 6.07) is 15.7. The number of aromatic amines is 1. The maximum absolute atomic E-state index is 12.4. The van der Waals surface area contributed by atoms with Gasteiger partial charge < -0.3 is 23.6 Å². The zero-order valence-electron chi connectivity index (χ0n) is 26.9. The molecule has 1 N–H and O–H groups in total. The van der Waals surface area contributed by atoms with Crippen LogP contribution in [0.5, 0.6) is 0 Å². The molecular weight excluding hydrogens is 593 g/mol. The van der Waals surface area contributed by atoms with Crippen LogP contribution in [0.15, 0.2) is 53.7 Å². The third-order valence-electron chi connectivity index (χ3n) is 7.20. The number of ether oxygens (including phenoxy) is 2. The second-order valence-electron chi connectivity index (χ2n) is 13.3. The van der Waals surface area contributed by atoms with Gasteiger partial charge in [0, 0.05) is 5.75 Å². The number of aromatic nitrogens is 4. The molecule has 10 heteroatoms. The van der Waals surface area contributed by atoms with Crippen LogP contribution in [0.2, 0.25) is 0 Å². The van der Waals surface area contributed by atoms with Crippen LogP contribution in [0, 0.1) is 10.7 Å². The normalized spacial score (nSPS) is 14.3. The molecule has 0 saturated heterocycles. The minimum Gasteiger partial charge on any atom is -0.459 e. The van der Waals surface area contributed by atoms with Crippen LogP contribution in [0.3, 0.4) is 0 Å². The predicted octanol–water partition coefficient (Wildman–Crippen LogP) is 8.48. The average molecular weight is 639 g/mol. The average Bonchev–Trinajstić information content (AvgIpc) is 3.44. The molecule has 0 radical (unpaired) electrons. The zero-order valence-corrected chi connectivity index (χ0v) is 28.5. The third-order valence-corrected chi connectivity index (χ3v) is 8.53. The maximum atomic E-state index is 12.4. The molecule has 0 atom stereocenters. The standard InChI is InChI=1S/C21H30N2O2S.C13H16N2O2S/c1-21(2,3)25-19(24)15-23-18-12-8-7-11-17(18)22-20(23)26-14-13-16-9-5-4-6-10-16;1-13(2,3)17-11(16)8-15-10-7-5-4-6-9(10)14-12(15)18/h7-8,11-12,16H,4-6,9-10,13-15H2,1-3H3;4-7H,8H2,1-3H3,(H,14,18). The first-order valence-corrected chi connectivity index (χ1v) is 16.9. The molecule has 0 unspecified atom stereocenters. The Morgan fingerprint density at radius 2 is 1.43 bits per heavy atom. The van der Waals surface area contributed by atoms with Gasteiger partial charge in [-0.15, -0.1) is 0 Å². The van der Waals surface area contributed by atoms with E-state index in [2.05, 4.69) is 4.98 Å². The van der Waals surface area contributed by atoms with Crippen molar-refractivity contribution in [2.45, 2.75) is 110 Å². The predicted molar refractivity (Wildman–Crippen MR) is 180 cm³/mol. The molecule has 1 aliphatic rings. The van der Waals surface area contributed by atoms with E-state index < -0.39 is 11.2 Å². The second kappa shape index (κ2) is 14.8. The molecule has 2 aromatic carbocycles. The van der Waals surface area contributed by atoms with Gasteiger partial charge in [-0.3, -0.25) is 9.59 Å². The number of nitrogens with zero attached hydrogens (tertiary/aromatic N) is 3. The first-order chi connectivity index (χ1) is 20.8. The first-order valence-electron chi connectivity index (χ1n) is 15.5. The van der Waals surface area contributed by atoms with Crippen LogP contribution >= 0.6 is 24.0 Å². The first kappa shape index (κ1) is 33.8. The second-order valence-corrected chi connectivity index (χ2v) is 14.8. The van der Waals surface area contributed by atoms with Crippen LogP contribution in [0.1, 0.15) is 80.1 Å². The number of hydrogen-bond acceptors (Lipinski definition) is 7. The molecule has 44 heavy (non-hydrogen) atoms. The van der Waals surface area contributed by atoms with E-state index in [1.54, 1.807) is 16.3 Å². The largest absolute Gasteiger partial charge is 0.459 e. The van der Waals surface area contributed by atoms with Crippen LogP contribution < -0.4 is 0 Å². The van der Waals surface area contributed by atoms with Crippen molar-refractivity contribution in [1.29, 1.82) is 0 Å². The lowest BCUT2D eigenvalue weighted by Crippen LogP contribution is -2.26. The van der Waals surface area contributed by atoms with Gasteiger partial charge in [-0.05, 0) is 90.4 Å². The highest BCUT2D eigenvalue weighted by Crippen LogP contribution is 2.30. The molecule has 2 aromatic heterocycles. The van der Waals surface area contributed by atoms with Crippen molar-refractivity contribution < 1.29 is 19.1 Å². The van der Waals surface area contributed by atoms with Crippen LogP contribution in [0.25, 0.3) is 22.1 Å². The summed E-state index contributed by atoms with van der Waals surface area (Å²) in [6.45, 7) is 11.6. The van der Waals surface area contributed by atoms with Gasteiger partial charge in [0.25, 0.3) is 0 Å². The molecule has 0 amide bonds. The number of thioether (sulfide) groups is 1. The fraction of sp³-hybridized carbons (Fsp3) is 0.529. The highest BCUT2D eigenvalue weighted by atomic mass is 32.2. The Labute approximate surface area is 269 Å². The van der Waals surface area contributed by atoms with E-state index in [0.717, 1.165) is 38.9 Å². The highest BCUT2D eigenvalue weighted by Gasteiger charge is 2.21. The van der Waals surface area contributed by atoms with Gasteiger partial charge in [0.2, 0.25) is 0 Å². The number of hydrogen-bond donors (Lipinski definition) is 1. The molecule has 0 aliphatic heterocycles. The summed E-state index contributed by atoms with van der Waals surface area (Å²) >= 11 is 6.98. The fourth-order valence-corrected chi connectivity index (χ4v) is 6.77. The Balaban J connectivity index is 0.000000215.